The molecule has 1 N–H and O–H groups in total. The van der Waals surface area contributed by atoms with Gasteiger partial charge in [-0.05, 0) is 35.3 Å². The van der Waals surface area contributed by atoms with Crippen molar-refractivity contribution >= 4 is 33.5 Å². The average Bonchev–Trinajstić information content (AvgIpc) is 2.45. The lowest BCUT2D eigenvalue weighted by atomic mass is 9.89. The number of pyridine rings is 1. The van der Waals surface area contributed by atoms with Crippen molar-refractivity contribution in [2.75, 3.05) is 6.61 Å². The van der Waals surface area contributed by atoms with Crippen LogP contribution in [0.2, 0.25) is 0 Å². The van der Waals surface area contributed by atoms with Crippen molar-refractivity contribution in [3.8, 4) is 0 Å². The molecule has 126 valence electrons. The number of ether oxygens (including phenoxy) is 1. The van der Waals surface area contributed by atoms with Gasteiger partial charge in [0, 0.05) is 19.4 Å². The SMILES string of the molecule is CCOC(=O)C(CC)(Cc1nc(Br)ccc1[N+](=O)[O-])NC(C)=O. The fourth-order valence-corrected chi connectivity index (χ4v) is 2.53. The summed E-state index contributed by atoms with van der Waals surface area (Å²) in [4.78, 5) is 38.6. The highest BCUT2D eigenvalue weighted by Crippen LogP contribution is 2.26. The summed E-state index contributed by atoms with van der Waals surface area (Å²) < 4.78 is 5.44. The Morgan fingerprint density at radius 3 is 2.57 bits per heavy atom. The van der Waals surface area contributed by atoms with Crippen LogP contribution in [-0.2, 0) is 20.7 Å². The Morgan fingerprint density at radius 1 is 1.43 bits per heavy atom. The van der Waals surface area contributed by atoms with Crippen molar-refractivity contribution in [1.29, 1.82) is 0 Å². The van der Waals surface area contributed by atoms with E-state index in [1.807, 2.05) is 0 Å². The molecule has 0 bridgehead atoms. The molecule has 1 rings (SSSR count). The summed E-state index contributed by atoms with van der Waals surface area (Å²) in [7, 11) is 0. The number of carbonyl (C=O) groups is 2. The summed E-state index contributed by atoms with van der Waals surface area (Å²) in [5.41, 5.74) is -1.53. The molecule has 1 atom stereocenters. The molecule has 9 heteroatoms. The van der Waals surface area contributed by atoms with Crippen LogP contribution in [0.25, 0.3) is 0 Å². The summed E-state index contributed by atoms with van der Waals surface area (Å²) in [6, 6.07) is 2.74. The van der Waals surface area contributed by atoms with Crippen LogP contribution in [-0.4, -0.2) is 33.9 Å². The highest BCUT2D eigenvalue weighted by atomic mass is 79.9. The summed E-state index contributed by atoms with van der Waals surface area (Å²) in [5.74, 6) is -1.08. The topological polar surface area (TPSA) is 111 Å². The van der Waals surface area contributed by atoms with Crippen LogP contribution in [0.15, 0.2) is 16.7 Å². The number of hydrogen-bond donors (Lipinski definition) is 1. The van der Waals surface area contributed by atoms with E-state index in [4.69, 9.17) is 4.74 Å². The molecule has 0 aliphatic carbocycles. The van der Waals surface area contributed by atoms with Crippen LogP contribution in [0, 0.1) is 10.1 Å². The van der Waals surface area contributed by atoms with Crippen molar-refractivity contribution in [1.82, 2.24) is 10.3 Å². The highest BCUT2D eigenvalue weighted by Gasteiger charge is 2.41. The van der Waals surface area contributed by atoms with E-state index in [9.17, 15) is 19.7 Å². The number of amides is 1. The lowest BCUT2D eigenvalue weighted by Gasteiger charge is -2.30. The zero-order valence-corrected chi connectivity index (χ0v) is 14.7. The van der Waals surface area contributed by atoms with Crippen molar-refractivity contribution in [2.24, 2.45) is 0 Å². The zero-order chi connectivity index (χ0) is 17.6. The molecule has 1 amide bonds. The maximum absolute atomic E-state index is 12.4. The van der Waals surface area contributed by atoms with Crippen molar-refractivity contribution in [2.45, 2.75) is 39.2 Å². The number of halogens is 1. The van der Waals surface area contributed by atoms with E-state index in [0.29, 0.717) is 4.60 Å². The third kappa shape index (κ3) is 4.72. The van der Waals surface area contributed by atoms with Gasteiger partial charge in [0.15, 0.2) is 0 Å². The van der Waals surface area contributed by atoms with Gasteiger partial charge >= 0.3 is 5.97 Å². The van der Waals surface area contributed by atoms with Gasteiger partial charge in [0.1, 0.15) is 15.8 Å². The van der Waals surface area contributed by atoms with Gasteiger partial charge in [0.05, 0.1) is 11.5 Å². The summed E-state index contributed by atoms with van der Waals surface area (Å²) in [6.07, 6.45) is 0.0639. The molecule has 0 aromatic carbocycles. The zero-order valence-electron chi connectivity index (χ0n) is 13.1. The number of esters is 1. The van der Waals surface area contributed by atoms with Gasteiger partial charge in [-0.1, -0.05) is 6.92 Å². The van der Waals surface area contributed by atoms with Gasteiger partial charge in [-0.2, -0.15) is 0 Å². The number of hydrogen-bond acceptors (Lipinski definition) is 6. The molecule has 23 heavy (non-hydrogen) atoms. The monoisotopic (exact) mass is 387 g/mol. The van der Waals surface area contributed by atoms with E-state index < -0.39 is 22.3 Å². The van der Waals surface area contributed by atoms with Crippen molar-refractivity contribution in [3.05, 3.63) is 32.5 Å². The molecule has 1 aromatic heterocycles. The number of carbonyl (C=O) groups excluding carboxylic acids is 2. The fourth-order valence-electron chi connectivity index (χ4n) is 2.18. The quantitative estimate of drug-likeness (QED) is 0.332. The molecule has 0 radical (unpaired) electrons. The molecule has 1 unspecified atom stereocenters. The van der Waals surface area contributed by atoms with Gasteiger partial charge in [-0.15, -0.1) is 0 Å². The molecule has 0 fully saturated rings. The molecule has 0 saturated heterocycles. The Morgan fingerprint density at radius 2 is 2.09 bits per heavy atom. The summed E-state index contributed by atoms with van der Waals surface area (Å²) in [5, 5.41) is 13.7. The third-order valence-corrected chi connectivity index (χ3v) is 3.71. The summed E-state index contributed by atoms with van der Waals surface area (Å²) >= 11 is 3.16. The molecular weight excluding hydrogens is 370 g/mol. The molecule has 0 aliphatic heterocycles. The van der Waals surface area contributed by atoms with Gasteiger partial charge in [-0.3, -0.25) is 14.9 Å². The first kappa shape index (κ1) is 19.0. The van der Waals surface area contributed by atoms with Crippen molar-refractivity contribution in [3.63, 3.8) is 0 Å². The first-order valence-electron chi connectivity index (χ1n) is 7.01. The molecule has 0 spiro atoms. The normalized spacial score (nSPS) is 13.0. The Bertz CT molecular complexity index is 622. The number of nitrogens with one attached hydrogen (secondary N) is 1. The maximum atomic E-state index is 12.4. The van der Waals surface area contributed by atoms with Gasteiger partial charge < -0.3 is 10.1 Å². The molecule has 8 nitrogen and oxygen atoms in total. The lowest BCUT2D eigenvalue weighted by molar-refractivity contribution is -0.386. The second kappa shape index (κ2) is 8.00. The minimum absolute atomic E-state index is 0.0908. The van der Waals surface area contributed by atoms with Crippen LogP contribution < -0.4 is 5.32 Å². The molecule has 1 aromatic rings. The predicted molar refractivity (Wildman–Crippen MR) is 85.8 cm³/mol. The van der Waals surface area contributed by atoms with Gasteiger partial charge in [0.2, 0.25) is 5.91 Å². The number of rotatable bonds is 7. The lowest BCUT2D eigenvalue weighted by Crippen LogP contribution is -2.56. The molecule has 1 heterocycles. The Hall–Kier alpha value is -2.03. The Balaban J connectivity index is 3.34. The number of aromatic nitrogens is 1. The molecular formula is C14H18BrN3O5. The van der Waals surface area contributed by atoms with Crippen LogP contribution in [0.1, 0.15) is 32.9 Å². The largest absolute Gasteiger partial charge is 0.464 e. The first-order chi connectivity index (χ1) is 10.8. The second-order valence-corrected chi connectivity index (χ2v) is 5.68. The van der Waals surface area contributed by atoms with Crippen molar-refractivity contribution < 1.29 is 19.2 Å². The van der Waals surface area contributed by atoms with E-state index in [1.165, 1.54) is 19.1 Å². The third-order valence-electron chi connectivity index (χ3n) is 3.27. The van der Waals surface area contributed by atoms with E-state index in [2.05, 4.69) is 26.2 Å². The van der Waals surface area contributed by atoms with E-state index >= 15 is 0 Å². The molecule has 0 aliphatic rings. The highest BCUT2D eigenvalue weighted by molar-refractivity contribution is 9.10. The number of nitrogens with zero attached hydrogens (tertiary/aromatic N) is 2. The Kier molecular flexibility index (Phi) is 6.62. The van der Waals surface area contributed by atoms with E-state index in [0.717, 1.165) is 0 Å². The standard InChI is InChI=1S/C14H18BrN3O5/c1-4-14(17-9(3)19,13(20)23-5-2)8-10-11(18(21)22)6-7-12(15)16-10/h6-7H,4-5,8H2,1-3H3,(H,17,19). The predicted octanol–water partition coefficient (Wildman–Crippen LogP) is 2.14. The first-order valence-corrected chi connectivity index (χ1v) is 7.80. The van der Waals surface area contributed by atoms with Crippen LogP contribution in [0.5, 0.6) is 0 Å². The Labute approximate surface area is 141 Å². The number of nitro groups is 1. The average molecular weight is 388 g/mol. The van der Waals surface area contributed by atoms with Crippen LogP contribution in [0.4, 0.5) is 5.69 Å². The smallest absolute Gasteiger partial charge is 0.332 e. The minimum Gasteiger partial charge on any atom is -0.464 e. The second-order valence-electron chi connectivity index (χ2n) is 4.87. The van der Waals surface area contributed by atoms with Crippen LogP contribution in [0.3, 0.4) is 0 Å². The van der Waals surface area contributed by atoms with Crippen LogP contribution >= 0.6 is 15.9 Å². The molecule has 0 saturated carbocycles. The fraction of sp³-hybridized carbons (Fsp3) is 0.500. The maximum Gasteiger partial charge on any atom is 0.332 e. The summed E-state index contributed by atoms with van der Waals surface area (Å²) in [6.45, 7) is 4.74. The van der Waals surface area contributed by atoms with E-state index in [1.54, 1.807) is 13.8 Å². The van der Waals surface area contributed by atoms with Gasteiger partial charge in [0.25, 0.3) is 5.69 Å². The van der Waals surface area contributed by atoms with Gasteiger partial charge in [-0.25, -0.2) is 9.78 Å². The minimum atomic E-state index is -1.40. The van der Waals surface area contributed by atoms with E-state index in [-0.39, 0.29) is 30.8 Å².